The molecule has 2 rings (SSSR count). The van der Waals surface area contributed by atoms with E-state index in [9.17, 15) is 0 Å². The molecule has 0 amide bonds. The fraction of sp³-hybridized carbons (Fsp3) is 0.200. The Hall–Kier alpha value is -1.68. The van der Waals surface area contributed by atoms with E-state index < -0.39 is 0 Å². The number of pyridine rings is 1. The van der Waals surface area contributed by atoms with Crippen molar-refractivity contribution in [1.82, 2.24) is 14.8 Å². The fourth-order valence-corrected chi connectivity index (χ4v) is 1.34. The monoisotopic (exact) mass is 188 g/mol. The van der Waals surface area contributed by atoms with Crippen LogP contribution in [0.25, 0.3) is 11.1 Å². The molecule has 4 nitrogen and oxygen atoms in total. The summed E-state index contributed by atoms with van der Waals surface area (Å²) in [5, 5.41) is 4.11. The Morgan fingerprint density at radius 2 is 2.29 bits per heavy atom. The number of aromatic nitrogens is 3. The van der Waals surface area contributed by atoms with Gasteiger partial charge in [0.05, 0.1) is 11.9 Å². The van der Waals surface area contributed by atoms with Gasteiger partial charge in [-0.1, -0.05) is 0 Å². The van der Waals surface area contributed by atoms with Crippen LogP contribution in [0.1, 0.15) is 5.69 Å². The van der Waals surface area contributed by atoms with Crippen molar-refractivity contribution in [3.05, 3.63) is 36.4 Å². The highest BCUT2D eigenvalue weighted by atomic mass is 15.2. The Bertz CT molecular complexity index is 433. The molecule has 4 heteroatoms. The maximum Gasteiger partial charge on any atom is 0.0568 e. The molecule has 0 aliphatic carbocycles. The van der Waals surface area contributed by atoms with E-state index in [0.717, 1.165) is 16.8 Å². The van der Waals surface area contributed by atoms with Gasteiger partial charge in [-0.15, -0.1) is 0 Å². The van der Waals surface area contributed by atoms with E-state index in [1.807, 2.05) is 31.6 Å². The predicted octanol–water partition coefficient (Wildman–Crippen LogP) is 0.941. The molecule has 0 atom stereocenters. The van der Waals surface area contributed by atoms with E-state index in [0.29, 0.717) is 6.54 Å². The van der Waals surface area contributed by atoms with Crippen molar-refractivity contribution >= 4 is 0 Å². The molecule has 0 aliphatic heterocycles. The Kier molecular flexibility index (Phi) is 2.28. The van der Waals surface area contributed by atoms with Crippen LogP contribution >= 0.6 is 0 Å². The highest BCUT2D eigenvalue weighted by Crippen LogP contribution is 2.17. The van der Waals surface area contributed by atoms with Crippen LogP contribution in [0.15, 0.2) is 30.7 Å². The third-order valence-electron chi connectivity index (χ3n) is 2.06. The number of rotatable bonds is 2. The second-order valence-electron chi connectivity index (χ2n) is 3.14. The molecule has 0 fully saturated rings. The molecule has 14 heavy (non-hydrogen) atoms. The van der Waals surface area contributed by atoms with Gasteiger partial charge in [-0.25, -0.2) is 0 Å². The summed E-state index contributed by atoms with van der Waals surface area (Å²) in [6.07, 6.45) is 5.57. The lowest BCUT2D eigenvalue weighted by Gasteiger charge is -1.99. The molecule has 2 aromatic heterocycles. The van der Waals surface area contributed by atoms with Crippen LogP contribution in [-0.2, 0) is 13.6 Å². The van der Waals surface area contributed by atoms with Gasteiger partial charge in [0.15, 0.2) is 0 Å². The fourth-order valence-electron chi connectivity index (χ4n) is 1.34. The SMILES string of the molecule is Cn1cc(-c2ccnc(CN)c2)cn1. The minimum atomic E-state index is 0.466. The minimum absolute atomic E-state index is 0.466. The molecular weight excluding hydrogens is 176 g/mol. The number of aryl methyl sites for hydroxylation is 1. The Balaban J connectivity index is 2.41. The van der Waals surface area contributed by atoms with E-state index in [2.05, 4.69) is 10.1 Å². The van der Waals surface area contributed by atoms with Gasteiger partial charge in [-0.05, 0) is 17.7 Å². The number of nitrogens with two attached hydrogens (primary N) is 1. The maximum atomic E-state index is 5.52. The third kappa shape index (κ3) is 1.65. The van der Waals surface area contributed by atoms with Gasteiger partial charge in [0.2, 0.25) is 0 Å². The first-order chi connectivity index (χ1) is 6.79. The summed E-state index contributed by atoms with van der Waals surface area (Å²) in [6, 6.07) is 3.94. The summed E-state index contributed by atoms with van der Waals surface area (Å²) in [5.74, 6) is 0. The van der Waals surface area contributed by atoms with Gasteiger partial charge in [-0.3, -0.25) is 9.67 Å². The van der Waals surface area contributed by atoms with Crippen molar-refractivity contribution in [2.24, 2.45) is 12.8 Å². The first-order valence-corrected chi connectivity index (χ1v) is 4.43. The Labute approximate surface area is 82.4 Å². The average Bonchev–Trinajstić information content (AvgIpc) is 2.65. The third-order valence-corrected chi connectivity index (χ3v) is 2.06. The quantitative estimate of drug-likeness (QED) is 0.763. The number of hydrogen-bond acceptors (Lipinski definition) is 3. The van der Waals surface area contributed by atoms with Crippen LogP contribution in [0, 0.1) is 0 Å². The summed E-state index contributed by atoms with van der Waals surface area (Å²) in [5.41, 5.74) is 8.61. The molecule has 0 unspecified atom stereocenters. The maximum absolute atomic E-state index is 5.52. The summed E-state index contributed by atoms with van der Waals surface area (Å²) >= 11 is 0. The zero-order chi connectivity index (χ0) is 9.97. The molecule has 2 heterocycles. The van der Waals surface area contributed by atoms with Crippen LogP contribution in [0.4, 0.5) is 0 Å². The van der Waals surface area contributed by atoms with E-state index in [-0.39, 0.29) is 0 Å². The van der Waals surface area contributed by atoms with Crippen molar-refractivity contribution in [3.63, 3.8) is 0 Å². The van der Waals surface area contributed by atoms with Crippen molar-refractivity contribution in [2.75, 3.05) is 0 Å². The molecular formula is C10H12N4. The van der Waals surface area contributed by atoms with Gasteiger partial charge < -0.3 is 5.73 Å². The molecule has 0 aliphatic rings. The van der Waals surface area contributed by atoms with Gasteiger partial charge in [0.1, 0.15) is 0 Å². The van der Waals surface area contributed by atoms with Crippen LogP contribution in [0.3, 0.4) is 0 Å². The molecule has 0 saturated carbocycles. The molecule has 72 valence electrons. The summed E-state index contributed by atoms with van der Waals surface area (Å²) in [7, 11) is 1.90. The largest absolute Gasteiger partial charge is 0.325 e. The predicted molar refractivity (Wildman–Crippen MR) is 54.3 cm³/mol. The van der Waals surface area contributed by atoms with Crippen molar-refractivity contribution < 1.29 is 0 Å². The summed E-state index contributed by atoms with van der Waals surface area (Å²) < 4.78 is 1.78. The van der Waals surface area contributed by atoms with E-state index in [4.69, 9.17) is 5.73 Å². The van der Waals surface area contributed by atoms with Crippen LogP contribution in [0.5, 0.6) is 0 Å². The smallest absolute Gasteiger partial charge is 0.0568 e. The van der Waals surface area contributed by atoms with Crippen LogP contribution in [0.2, 0.25) is 0 Å². The summed E-state index contributed by atoms with van der Waals surface area (Å²) in [6.45, 7) is 0.466. The van der Waals surface area contributed by atoms with Crippen molar-refractivity contribution in [2.45, 2.75) is 6.54 Å². The van der Waals surface area contributed by atoms with Gasteiger partial charge >= 0.3 is 0 Å². The molecule has 2 N–H and O–H groups in total. The lowest BCUT2D eigenvalue weighted by molar-refractivity contribution is 0.768. The zero-order valence-electron chi connectivity index (χ0n) is 8.01. The Morgan fingerprint density at radius 1 is 1.43 bits per heavy atom. The highest BCUT2D eigenvalue weighted by Gasteiger charge is 2.00. The second-order valence-corrected chi connectivity index (χ2v) is 3.14. The minimum Gasteiger partial charge on any atom is -0.325 e. The van der Waals surface area contributed by atoms with Crippen LogP contribution < -0.4 is 5.73 Å². The molecule has 0 bridgehead atoms. The summed E-state index contributed by atoms with van der Waals surface area (Å²) in [4.78, 5) is 4.14. The van der Waals surface area contributed by atoms with Gasteiger partial charge in [-0.2, -0.15) is 5.10 Å². The van der Waals surface area contributed by atoms with Gasteiger partial charge in [0.25, 0.3) is 0 Å². The van der Waals surface area contributed by atoms with Crippen LogP contribution in [-0.4, -0.2) is 14.8 Å². The lowest BCUT2D eigenvalue weighted by atomic mass is 10.1. The van der Waals surface area contributed by atoms with Crippen molar-refractivity contribution in [1.29, 1.82) is 0 Å². The Morgan fingerprint density at radius 3 is 2.93 bits per heavy atom. The molecule has 0 radical (unpaired) electrons. The van der Waals surface area contributed by atoms with E-state index in [1.54, 1.807) is 10.9 Å². The number of hydrogen-bond donors (Lipinski definition) is 1. The molecule has 0 aromatic carbocycles. The topological polar surface area (TPSA) is 56.7 Å². The standard InChI is InChI=1S/C10H12N4/c1-14-7-9(6-13-14)8-2-3-12-10(4-8)5-11/h2-4,6-7H,5,11H2,1H3. The second kappa shape index (κ2) is 3.59. The highest BCUT2D eigenvalue weighted by molar-refractivity contribution is 5.61. The molecule has 0 saturated heterocycles. The van der Waals surface area contributed by atoms with Crippen molar-refractivity contribution in [3.8, 4) is 11.1 Å². The molecule has 0 spiro atoms. The zero-order valence-corrected chi connectivity index (χ0v) is 8.01. The number of nitrogens with zero attached hydrogens (tertiary/aromatic N) is 3. The normalized spacial score (nSPS) is 10.4. The first kappa shape index (κ1) is 8.90. The lowest BCUT2D eigenvalue weighted by Crippen LogP contribution is -1.98. The van der Waals surface area contributed by atoms with E-state index in [1.165, 1.54) is 0 Å². The first-order valence-electron chi connectivity index (χ1n) is 4.43. The molecule has 2 aromatic rings. The van der Waals surface area contributed by atoms with E-state index >= 15 is 0 Å². The average molecular weight is 188 g/mol. The van der Waals surface area contributed by atoms with Gasteiger partial charge in [0, 0.05) is 31.5 Å².